The lowest BCUT2D eigenvalue weighted by Gasteiger charge is -2.32. The zero-order valence-corrected chi connectivity index (χ0v) is 32.4. The lowest BCUT2D eigenvalue weighted by Crippen LogP contribution is -2.27. The number of nitrogens with zero attached hydrogens (tertiary/aromatic N) is 2. The molecule has 282 valence electrons. The molecule has 2 aliphatic heterocycles. The molecule has 0 amide bonds. The third-order valence-electron chi connectivity index (χ3n) is 10.1. The molecule has 0 aliphatic carbocycles. The minimum absolute atomic E-state index is 0.165. The highest BCUT2D eigenvalue weighted by Gasteiger charge is 2.34. The number of benzene rings is 4. The van der Waals surface area contributed by atoms with Gasteiger partial charge in [0.05, 0.1) is 23.6 Å². The number of hydrogen-bond acceptors (Lipinski definition) is 5. The number of nitrogens with one attached hydrogen (secondary N) is 2. The standard InChI is InChI=1S/C50H44N4O3/c1-31(2)55-49-47-45(35-21-13-7-14-22-35)41-29-27-39(52-41)43(33-17-9-5-10-18-33)37-25-26-38(51-37)44(34-19-11-6-12-20-34)40-28-30-42(53-40)46(36-23-15-8-16-24-36)48(54-47)50(57-49)56-32(3)4/h5-32,49-50,52-53H,1-4H3/t49-,50-/m1/s1. The van der Waals surface area contributed by atoms with Crippen LogP contribution in [0.5, 0.6) is 0 Å². The zero-order valence-electron chi connectivity index (χ0n) is 32.4. The van der Waals surface area contributed by atoms with E-state index in [1.165, 1.54) is 0 Å². The zero-order chi connectivity index (χ0) is 38.9. The first-order valence-corrected chi connectivity index (χ1v) is 19.6. The Morgan fingerprint density at radius 1 is 0.421 bits per heavy atom. The largest absolute Gasteiger partial charge is 0.354 e. The summed E-state index contributed by atoms with van der Waals surface area (Å²) in [7, 11) is 0. The van der Waals surface area contributed by atoms with Crippen molar-refractivity contribution in [1.29, 1.82) is 0 Å². The minimum atomic E-state index is -0.843. The van der Waals surface area contributed by atoms with E-state index in [-0.39, 0.29) is 12.2 Å². The number of aromatic nitrogens is 4. The van der Waals surface area contributed by atoms with Crippen LogP contribution in [-0.2, 0) is 14.2 Å². The summed E-state index contributed by atoms with van der Waals surface area (Å²) in [4.78, 5) is 18.7. The summed E-state index contributed by atoms with van der Waals surface area (Å²) in [6.45, 7) is 8.04. The Hall–Kier alpha value is -6.38. The highest BCUT2D eigenvalue weighted by atomic mass is 16.8. The third-order valence-corrected chi connectivity index (χ3v) is 10.1. The van der Waals surface area contributed by atoms with Crippen molar-refractivity contribution < 1.29 is 14.2 Å². The van der Waals surface area contributed by atoms with Gasteiger partial charge in [-0.3, -0.25) is 0 Å². The fourth-order valence-corrected chi connectivity index (χ4v) is 7.71. The van der Waals surface area contributed by atoms with Crippen LogP contribution >= 0.6 is 0 Å². The fourth-order valence-electron chi connectivity index (χ4n) is 7.71. The molecule has 7 heteroatoms. The molecule has 2 aliphatic rings. The van der Waals surface area contributed by atoms with Gasteiger partial charge in [-0.25, -0.2) is 9.97 Å². The molecule has 9 rings (SSSR count). The minimum Gasteiger partial charge on any atom is -0.354 e. The Kier molecular flexibility index (Phi) is 9.95. The Morgan fingerprint density at radius 3 is 1.07 bits per heavy atom. The maximum absolute atomic E-state index is 6.98. The molecular formula is C50H44N4O3. The Morgan fingerprint density at radius 2 is 0.737 bits per heavy atom. The average Bonchev–Trinajstić information content (AvgIpc) is 4.01. The normalized spacial score (nSPS) is 15.3. The number of fused-ring (bicyclic) bond motifs is 8. The second kappa shape index (κ2) is 15.6. The van der Waals surface area contributed by atoms with Crippen molar-refractivity contribution in [2.24, 2.45) is 0 Å². The molecule has 0 saturated carbocycles. The molecular weight excluding hydrogens is 705 g/mol. The van der Waals surface area contributed by atoms with E-state index >= 15 is 0 Å². The predicted molar refractivity (Wildman–Crippen MR) is 231 cm³/mol. The Bertz CT molecular complexity index is 2540. The van der Waals surface area contributed by atoms with Crippen molar-refractivity contribution in [1.82, 2.24) is 19.9 Å². The quantitative estimate of drug-likeness (QED) is 0.162. The van der Waals surface area contributed by atoms with E-state index in [1.54, 1.807) is 0 Å². The molecule has 0 fully saturated rings. The number of aromatic amines is 2. The van der Waals surface area contributed by atoms with Crippen LogP contribution < -0.4 is 0 Å². The molecule has 7 nitrogen and oxygen atoms in total. The van der Waals surface area contributed by atoms with Gasteiger partial charge in [0.25, 0.3) is 0 Å². The summed E-state index contributed by atoms with van der Waals surface area (Å²) in [5, 5.41) is 0. The van der Waals surface area contributed by atoms with E-state index in [0.29, 0.717) is 11.4 Å². The van der Waals surface area contributed by atoms with E-state index in [4.69, 9.17) is 24.2 Å². The summed E-state index contributed by atoms with van der Waals surface area (Å²) >= 11 is 0. The number of H-pyrrole nitrogens is 2. The van der Waals surface area contributed by atoms with E-state index in [9.17, 15) is 0 Å². The molecule has 3 aromatic heterocycles. The lowest BCUT2D eigenvalue weighted by atomic mass is 10.0. The SMILES string of the molecule is CC(C)O[C@@H]1O[C@@H](OC(C)C)c2nc1c(-c1ccccc1)c1ccc([nH]1)c(-c1ccccc1)c1nc(c(-c3ccccc3)c3ccc([nH]3)c2-c2ccccc2)C=C1. The van der Waals surface area contributed by atoms with Crippen LogP contribution in [0, 0.1) is 0 Å². The molecule has 0 unspecified atom stereocenters. The highest BCUT2D eigenvalue weighted by Crippen LogP contribution is 2.44. The number of rotatable bonds is 8. The molecule has 0 spiro atoms. The summed E-state index contributed by atoms with van der Waals surface area (Å²) in [6.07, 6.45) is 2.22. The molecule has 0 saturated heterocycles. The molecule has 57 heavy (non-hydrogen) atoms. The first-order chi connectivity index (χ1) is 27.9. The van der Waals surface area contributed by atoms with E-state index in [2.05, 4.69) is 119 Å². The van der Waals surface area contributed by atoms with Crippen molar-refractivity contribution in [2.45, 2.75) is 52.5 Å². The van der Waals surface area contributed by atoms with Crippen molar-refractivity contribution in [3.8, 4) is 44.5 Å². The van der Waals surface area contributed by atoms with Gasteiger partial charge in [0.1, 0.15) is 11.4 Å². The van der Waals surface area contributed by atoms with Gasteiger partial charge in [0.2, 0.25) is 12.6 Å². The van der Waals surface area contributed by atoms with Gasteiger partial charge in [-0.2, -0.15) is 0 Å². The van der Waals surface area contributed by atoms with Gasteiger partial charge in [-0.1, -0.05) is 121 Å². The molecule has 2 atom stereocenters. The van der Waals surface area contributed by atoms with E-state index in [1.807, 2.05) is 76.2 Å². The number of hydrogen-bond donors (Lipinski definition) is 2. The van der Waals surface area contributed by atoms with Crippen molar-refractivity contribution in [3.63, 3.8) is 0 Å². The number of ether oxygens (including phenoxy) is 3. The smallest absolute Gasteiger partial charge is 0.205 e. The maximum Gasteiger partial charge on any atom is 0.205 e. The molecule has 5 heterocycles. The van der Waals surface area contributed by atoms with Crippen molar-refractivity contribution >= 4 is 34.2 Å². The van der Waals surface area contributed by atoms with Crippen LogP contribution in [0.1, 0.15) is 63.1 Å². The van der Waals surface area contributed by atoms with Crippen molar-refractivity contribution in [2.75, 3.05) is 0 Å². The maximum atomic E-state index is 6.98. The summed E-state index contributed by atoms with van der Waals surface area (Å²) in [6, 6.07) is 50.0. The highest BCUT2D eigenvalue weighted by molar-refractivity contribution is 5.97. The second-order valence-electron chi connectivity index (χ2n) is 14.8. The second-order valence-corrected chi connectivity index (χ2v) is 14.8. The van der Waals surface area contributed by atoms with Crippen LogP contribution in [0.3, 0.4) is 0 Å². The van der Waals surface area contributed by atoms with Gasteiger partial charge in [0.15, 0.2) is 0 Å². The predicted octanol–water partition coefficient (Wildman–Crippen LogP) is 12.7. The molecule has 4 aromatic carbocycles. The lowest BCUT2D eigenvalue weighted by molar-refractivity contribution is -0.280. The first-order valence-electron chi connectivity index (χ1n) is 19.6. The van der Waals surface area contributed by atoms with Crippen LogP contribution in [0.15, 0.2) is 146 Å². The Balaban J connectivity index is 1.53. The molecule has 8 bridgehead atoms. The van der Waals surface area contributed by atoms with Gasteiger partial charge >= 0.3 is 0 Å². The van der Waals surface area contributed by atoms with Gasteiger partial charge < -0.3 is 24.2 Å². The van der Waals surface area contributed by atoms with Crippen LogP contribution in [0.25, 0.3) is 78.7 Å². The van der Waals surface area contributed by atoms with Gasteiger partial charge in [-0.05, 0) is 86.4 Å². The van der Waals surface area contributed by atoms with Crippen LogP contribution in [0.4, 0.5) is 0 Å². The molecule has 0 radical (unpaired) electrons. The summed E-state index contributed by atoms with van der Waals surface area (Å²) in [5.74, 6) is 0. The molecule has 7 aromatic rings. The monoisotopic (exact) mass is 748 g/mol. The fraction of sp³-hybridized carbons (Fsp3) is 0.160. The summed E-state index contributed by atoms with van der Waals surface area (Å²) < 4.78 is 20.2. The topological polar surface area (TPSA) is 85.0 Å². The van der Waals surface area contributed by atoms with E-state index in [0.717, 1.165) is 78.0 Å². The average molecular weight is 749 g/mol. The van der Waals surface area contributed by atoms with Crippen LogP contribution in [-0.4, -0.2) is 32.1 Å². The van der Waals surface area contributed by atoms with Crippen molar-refractivity contribution in [3.05, 3.63) is 168 Å². The third kappa shape index (κ3) is 7.25. The van der Waals surface area contributed by atoms with Gasteiger partial charge in [-0.15, -0.1) is 0 Å². The first kappa shape index (κ1) is 36.3. The van der Waals surface area contributed by atoms with Crippen LogP contribution in [0.2, 0.25) is 0 Å². The summed E-state index contributed by atoms with van der Waals surface area (Å²) in [5.41, 5.74) is 14.3. The van der Waals surface area contributed by atoms with Gasteiger partial charge in [0, 0.05) is 44.3 Å². The van der Waals surface area contributed by atoms with E-state index < -0.39 is 12.6 Å². The Labute approximate surface area is 332 Å². The molecule has 2 N–H and O–H groups in total.